The molecule has 136 valence electrons. The Balaban J connectivity index is 1.91. The van der Waals surface area contributed by atoms with Gasteiger partial charge in [0.15, 0.2) is 0 Å². The van der Waals surface area contributed by atoms with Crippen molar-refractivity contribution in [3.63, 3.8) is 0 Å². The standard InChI is InChI=1S/C17H15Cl2N3O4/c1-8-14-11(21-22-17(20)24)3-2-4-13(14)25-15(8)16(23)26-12-6-5-9(18)7-10(12)19/h5-7H,2-4H2,1H3,(H3,20,22,24)/b21-11+. The Morgan fingerprint density at radius 3 is 2.77 bits per heavy atom. The molecule has 2 aromatic rings. The highest BCUT2D eigenvalue weighted by atomic mass is 35.5. The summed E-state index contributed by atoms with van der Waals surface area (Å²) in [6, 6.07) is 3.79. The summed E-state index contributed by atoms with van der Waals surface area (Å²) in [7, 11) is 0. The van der Waals surface area contributed by atoms with Gasteiger partial charge in [-0.1, -0.05) is 23.2 Å². The lowest BCUT2D eigenvalue weighted by molar-refractivity contribution is 0.0698. The number of aryl methyl sites for hydroxylation is 1. The number of esters is 1. The molecule has 26 heavy (non-hydrogen) atoms. The van der Waals surface area contributed by atoms with Gasteiger partial charge in [0.05, 0.1) is 10.7 Å². The highest BCUT2D eigenvalue weighted by Crippen LogP contribution is 2.32. The predicted octanol–water partition coefficient (Wildman–Crippen LogP) is 3.82. The number of ether oxygens (including phenoxy) is 1. The van der Waals surface area contributed by atoms with Crippen LogP contribution in [0.1, 0.15) is 40.3 Å². The smallest absolute Gasteiger partial charge is 0.379 e. The van der Waals surface area contributed by atoms with Crippen molar-refractivity contribution >= 4 is 40.9 Å². The summed E-state index contributed by atoms with van der Waals surface area (Å²) in [6.45, 7) is 1.73. The lowest BCUT2D eigenvalue weighted by Gasteiger charge is -2.12. The number of furan rings is 1. The maximum Gasteiger partial charge on any atom is 0.379 e. The predicted molar refractivity (Wildman–Crippen MR) is 97.1 cm³/mol. The molecule has 1 aliphatic carbocycles. The molecule has 1 aromatic heterocycles. The minimum absolute atomic E-state index is 0.0645. The third-order valence-corrected chi connectivity index (χ3v) is 4.44. The number of nitrogens with two attached hydrogens (primary N) is 1. The van der Waals surface area contributed by atoms with E-state index in [4.69, 9.17) is 38.1 Å². The van der Waals surface area contributed by atoms with Gasteiger partial charge in [0.1, 0.15) is 11.5 Å². The van der Waals surface area contributed by atoms with Gasteiger partial charge in [0.2, 0.25) is 5.76 Å². The van der Waals surface area contributed by atoms with Crippen molar-refractivity contribution in [3.8, 4) is 5.75 Å². The van der Waals surface area contributed by atoms with Gasteiger partial charge in [-0.3, -0.25) is 0 Å². The molecule has 0 unspecified atom stereocenters. The molecule has 0 radical (unpaired) electrons. The van der Waals surface area contributed by atoms with Crippen molar-refractivity contribution in [1.82, 2.24) is 5.43 Å². The number of nitrogens with zero attached hydrogens (tertiary/aromatic N) is 1. The zero-order valence-corrected chi connectivity index (χ0v) is 15.3. The molecule has 0 saturated carbocycles. The van der Waals surface area contributed by atoms with Crippen molar-refractivity contribution in [1.29, 1.82) is 0 Å². The van der Waals surface area contributed by atoms with E-state index in [-0.39, 0.29) is 16.5 Å². The van der Waals surface area contributed by atoms with Crippen LogP contribution in [0.5, 0.6) is 5.75 Å². The largest absolute Gasteiger partial charge is 0.453 e. The first-order valence-corrected chi connectivity index (χ1v) is 8.54. The average Bonchev–Trinajstić information content (AvgIpc) is 2.93. The highest BCUT2D eigenvalue weighted by Gasteiger charge is 2.29. The molecule has 1 aromatic carbocycles. The number of hydrogen-bond donors (Lipinski definition) is 2. The Morgan fingerprint density at radius 1 is 1.31 bits per heavy atom. The van der Waals surface area contributed by atoms with Crippen molar-refractivity contribution in [2.45, 2.75) is 26.2 Å². The molecule has 9 heteroatoms. The number of amides is 2. The third kappa shape index (κ3) is 3.68. The van der Waals surface area contributed by atoms with Crippen LogP contribution >= 0.6 is 23.2 Å². The molecule has 1 aliphatic rings. The summed E-state index contributed by atoms with van der Waals surface area (Å²) in [6.07, 6.45) is 2.06. The zero-order chi connectivity index (χ0) is 18.8. The Kier molecular flexibility index (Phi) is 5.20. The van der Waals surface area contributed by atoms with Crippen LogP contribution in [0, 0.1) is 6.92 Å². The maximum atomic E-state index is 12.5. The lowest BCUT2D eigenvalue weighted by Crippen LogP contribution is -2.27. The summed E-state index contributed by atoms with van der Waals surface area (Å²) in [5.74, 6) is 0.185. The molecule has 1 heterocycles. The Hall–Kier alpha value is -2.51. The molecule has 2 amide bonds. The highest BCUT2D eigenvalue weighted by molar-refractivity contribution is 6.35. The third-order valence-electron chi connectivity index (χ3n) is 3.91. The number of urea groups is 1. The fourth-order valence-corrected chi connectivity index (χ4v) is 3.25. The summed E-state index contributed by atoms with van der Waals surface area (Å²) in [5.41, 5.74) is 9.15. The Labute approximate surface area is 159 Å². The number of hydrazone groups is 1. The molecule has 0 atom stereocenters. The molecule has 0 aliphatic heterocycles. The lowest BCUT2D eigenvalue weighted by atomic mass is 9.93. The number of hydrogen-bond acceptors (Lipinski definition) is 5. The summed E-state index contributed by atoms with van der Waals surface area (Å²) < 4.78 is 11.0. The second-order valence-corrected chi connectivity index (χ2v) is 6.55. The number of fused-ring (bicyclic) bond motifs is 1. The first-order valence-electron chi connectivity index (χ1n) is 7.78. The molecular formula is C17H15Cl2N3O4. The number of benzene rings is 1. The van der Waals surface area contributed by atoms with E-state index in [9.17, 15) is 9.59 Å². The van der Waals surface area contributed by atoms with E-state index >= 15 is 0 Å². The van der Waals surface area contributed by atoms with Gasteiger partial charge in [-0.25, -0.2) is 15.0 Å². The first-order chi connectivity index (χ1) is 12.4. The Bertz CT molecular complexity index is 921. The van der Waals surface area contributed by atoms with E-state index < -0.39 is 12.0 Å². The number of nitrogens with one attached hydrogen (secondary N) is 1. The molecule has 0 fully saturated rings. The Morgan fingerprint density at radius 2 is 2.08 bits per heavy atom. The van der Waals surface area contributed by atoms with Crippen LogP contribution in [-0.4, -0.2) is 17.7 Å². The molecule has 3 N–H and O–H groups in total. The van der Waals surface area contributed by atoms with E-state index in [2.05, 4.69) is 10.5 Å². The van der Waals surface area contributed by atoms with Gasteiger partial charge < -0.3 is 14.9 Å². The van der Waals surface area contributed by atoms with Crippen LogP contribution in [0.4, 0.5) is 4.79 Å². The quantitative estimate of drug-likeness (QED) is 0.467. The molecule has 3 rings (SSSR count). The van der Waals surface area contributed by atoms with Gasteiger partial charge in [-0.05, 0) is 38.0 Å². The van der Waals surface area contributed by atoms with E-state index in [0.29, 0.717) is 40.5 Å². The molecule has 0 saturated heterocycles. The number of primary amides is 1. The topological polar surface area (TPSA) is 107 Å². The van der Waals surface area contributed by atoms with Gasteiger partial charge in [-0.2, -0.15) is 5.10 Å². The monoisotopic (exact) mass is 395 g/mol. The van der Waals surface area contributed by atoms with Crippen LogP contribution in [0.2, 0.25) is 10.0 Å². The molecule has 7 nitrogen and oxygen atoms in total. The van der Waals surface area contributed by atoms with Gasteiger partial charge in [-0.15, -0.1) is 0 Å². The number of carbonyl (C=O) groups excluding carboxylic acids is 2. The minimum Gasteiger partial charge on any atom is -0.453 e. The normalized spacial score (nSPS) is 14.8. The molecule has 0 spiro atoms. The van der Waals surface area contributed by atoms with Gasteiger partial charge in [0, 0.05) is 22.6 Å². The summed E-state index contributed by atoms with van der Waals surface area (Å²) in [4.78, 5) is 23.4. The molecule has 0 bridgehead atoms. The van der Waals surface area contributed by atoms with E-state index in [1.54, 1.807) is 13.0 Å². The van der Waals surface area contributed by atoms with E-state index in [0.717, 1.165) is 6.42 Å². The number of rotatable bonds is 3. The number of carbonyl (C=O) groups is 2. The van der Waals surface area contributed by atoms with Crippen LogP contribution in [0.25, 0.3) is 0 Å². The minimum atomic E-state index is -0.761. The SMILES string of the molecule is Cc1c(C(=O)Oc2ccc(Cl)cc2Cl)oc2c1/C(=N/NC(N)=O)CCC2. The van der Waals surface area contributed by atoms with Crippen molar-refractivity contribution in [2.75, 3.05) is 0 Å². The van der Waals surface area contributed by atoms with Crippen molar-refractivity contribution in [2.24, 2.45) is 10.8 Å². The first kappa shape index (κ1) is 18.3. The van der Waals surface area contributed by atoms with Gasteiger partial charge in [0.25, 0.3) is 0 Å². The fourth-order valence-electron chi connectivity index (χ4n) is 2.80. The number of halogens is 2. The zero-order valence-electron chi connectivity index (χ0n) is 13.8. The van der Waals surface area contributed by atoms with E-state index in [1.807, 2.05) is 0 Å². The second kappa shape index (κ2) is 7.39. The van der Waals surface area contributed by atoms with E-state index in [1.165, 1.54) is 12.1 Å². The fraction of sp³-hybridized carbons (Fsp3) is 0.235. The van der Waals surface area contributed by atoms with Crippen molar-refractivity contribution in [3.05, 3.63) is 50.9 Å². The van der Waals surface area contributed by atoms with Crippen LogP contribution in [0.15, 0.2) is 27.7 Å². The summed E-state index contributed by atoms with van der Waals surface area (Å²) in [5, 5.41) is 4.66. The second-order valence-electron chi connectivity index (χ2n) is 5.71. The average molecular weight is 396 g/mol. The van der Waals surface area contributed by atoms with Crippen molar-refractivity contribution < 1.29 is 18.7 Å². The maximum absolute atomic E-state index is 12.5. The van der Waals surface area contributed by atoms with Crippen LogP contribution in [0.3, 0.4) is 0 Å². The van der Waals surface area contributed by atoms with Crippen LogP contribution in [-0.2, 0) is 6.42 Å². The van der Waals surface area contributed by atoms with Crippen LogP contribution < -0.4 is 15.9 Å². The summed E-state index contributed by atoms with van der Waals surface area (Å²) >= 11 is 11.9. The van der Waals surface area contributed by atoms with Gasteiger partial charge >= 0.3 is 12.0 Å². The molecular weight excluding hydrogens is 381 g/mol.